The standard InChI is InChI=1S/C17H32O2/c1-6-16(7-2)13-17(19-18-16)11-8-9-14(10-12-17)15(3,4)5/h14H,6-13H2,1-5H3. The minimum atomic E-state index is -0.0123. The minimum absolute atomic E-state index is 0.0123. The van der Waals surface area contributed by atoms with Crippen LogP contribution in [-0.2, 0) is 9.78 Å². The first kappa shape index (κ1) is 15.3. The maximum atomic E-state index is 5.92. The second-order valence-electron chi connectivity index (χ2n) is 7.91. The van der Waals surface area contributed by atoms with Crippen LogP contribution in [-0.4, -0.2) is 11.2 Å². The lowest BCUT2D eigenvalue weighted by Gasteiger charge is -2.30. The van der Waals surface area contributed by atoms with Gasteiger partial charge in [0.05, 0.1) is 0 Å². The third-order valence-corrected chi connectivity index (χ3v) is 5.69. The van der Waals surface area contributed by atoms with Gasteiger partial charge in [-0.3, -0.25) is 0 Å². The molecule has 2 atom stereocenters. The first-order valence-electron chi connectivity index (χ1n) is 8.22. The topological polar surface area (TPSA) is 18.5 Å². The van der Waals surface area contributed by atoms with Crippen molar-refractivity contribution in [2.24, 2.45) is 11.3 Å². The van der Waals surface area contributed by atoms with Gasteiger partial charge in [-0.2, -0.15) is 0 Å². The van der Waals surface area contributed by atoms with E-state index in [0.717, 1.165) is 25.2 Å². The van der Waals surface area contributed by atoms with Gasteiger partial charge in [0.25, 0.3) is 0 Å². The van der Waals surface area contributed by atoms with Crippen molar-refractivity contribution in [3.05, 3.63) is 0 Å². The molecule has 1 aliphatic carbocycles. The molecule has 2 heteroatoms. The average Bonchev–Trinajstić information content (AvgIpc) is 2.58. The molecule has 0 aromatic heterocycles. The summed E-state index contributed by atoms with van der Waals surface area (Å²) in [5, 5.41) is 0. The lowest BCUT2D eigenvalue weighted by molar-refractivity contribution is -0.353. The minimum Gasteiger partial charge on any atom is -0.229 e. The SMILES string of the molecule is CCC1(CC)CC2(CCCC(C(C)(C)C)CC2)OO1. The zero-order valence-corrected chi connectivity index (χ0v) is 13.6. The lowest BCUT2D eigenvalue weighted by Crippen LogP contribution is -2.32. The van der Waals surface area contributed by atoms with Crippen molar-refractivity contribution in [3.8, 4) is 0 Å². The molecule has 0 radical (unpaired) electrons. The molecule has 0 aromatic rings. The van der Waals surface area contributed by atoms with Crippen LogP contribution >= 0.6 is 0 Å². The summed E-state index contributed by atoms with van der Waals surface area (Å²) in [5.74, 6) is 0.828. The molecule has 2 rings (SSSR count). The van der Waals surface area contributed by atoms with Gasteiger partial charge < -0.3 is 0 Å². The van der Waals surface area contributed by atoms with E-state index in [4.69, 9.17) is 9.78 Å². The fraction of sp³-hybridized carbons (Fsp3) is 1.00. The third-order valence-electron chi connectivity index (χ3n) is 5.69. The molecule has 1 spiro atoms. The van der Waals surface area contributed by atoms with Crippen molar-refractivity contribution < 1.29 is 9.78 Å². The highest BCUT2D eigenvalue weighted by molar-refractivity contribution is 4.96. The Labute approximate surface area is 119 Å². The van der Waals surface area contributed by atoms with Crippen molar-refractivity contribution in [2.45, 2.75) is 97.2 Å². The van der Waals surface area contributed by atoms with Gasteiger partial charge in [0.1, 0.15) is 11.2 Å². The smallest absolute Gasteiger partial charge is 0.106 e. The normalized spacial score (nSPS) is 35.5. The van der Waals surface area contributed by atoms with Crippen LogP contribution in [0.4, 0.5) is 0 Å². The van der Waals surface area contributed by atoms with Crippen LogP contribution in [0, 0.1) is 11.3 Å². The van der Waals surface area contributed by atoms with Crippen molar-refractivity contribution in [1.29, 1.82) is 0 Å². The zero-order valence-electron chi connectivity index (χ0n) is 13.6. The highest BCUT2D eigenvalue weighted by Crippen LogP contribution is 2.49. The van der Waals surface area contributed by atoms with E-state index in [9.17, 15) is 0 Å². The Balaban J connectivity index is 2.04. The van der Waals surface area contributed by atoms with Gasteiger partial charge in [0.2, 0.25) is 0 Å². The number of rotatable bonds is 2. The van der Waals surface area contributed by atoms with Crippen molar-refractivity contribution in [2.75, 3.05) is 0 Å². The van der Waals surface area contributed by atoms with Crippen molar-refractivity contribution in [3.63, 3.8) is 0 Å². The summed E-state index contributed by atoms with van der Waals surface area (Å²) in [4.78, 5) is 11.7. The van der Waals surface area contributed by atoms with Crippen molar-refractivity contribution >= 4 is 0 Å². The van der Waals surface area contributed by atoms with Crippen LogP contribution < -0.4 is 0 Å². The largest absolute Gasteiger partial charge is 0.229 e. The molecule has 2 unspecified atom stereocenters. The van der Waals surface area contributed by atoms with Gasteiger partial charge in [-0.15, -0.1) is 0 Å². The van der Waals surface area contributed by atoms with E-state index in [1.165, 1.54) is 32.1 Å². The molecule has 0 bridgehead atoms. The summed E-state index contributed by atoms with van der Waals surface area (Å²) >= 11 is 0. The summed E-state index contributed by atoms with van der Waals surface area (Å²) in [6.45, 7) is 11.6. The zero-order chi connectivity index (χ0) is 14.1. The fourth-order valence-electron chi connectivity index (χ4n) is 3.94. The Kier molecular flexibility index (Phi) is 4.32. The molecule has 1 saturated heterocycles. The van der Waals surface area contributed by atoms with Crippen LogP contribution in [0.5, 0.6) is 0 Å². The highest BCUT2D eigenvalue weighted by Gasteiger charge is 2.50. The third kappa shape index (κ3) is 3.16. The Hall–Kier alpha value is -0.0800. The van der Waals surface area contributed by atoms with Gasteiger partial charge in [-0.25, -0.2) is 9.78 Å². The molecule has 1 aliphatic heterocycles. The molecule has 0 amide bonds. The van der Waals surface area contributed by atoms with E-state index in [0.29, 0.717) is 5.41 Å². The van der Waals surface area contributed by atoms with E-state index in [-0.39, 0.29) is 11.2 Å². The molecule has 0 N–H and O–H groups in total. The molecule has 112 valence electrons. The lowest BCUT2D eigenvalue weighted by atomic mass is 9.75. The van der Waals surface area contributed by atoms with Gasteiger partial charge in [-0.05, 0) is 49.9 Å². The molecule has 1 saturated carbocycles. The Morgan fingerprint density at radius 1 is 1.00 bits per heavy atom. The van der Waals surface area contributed by atoms with E-state index in [2.05, 4.69) is 34.6 Å². The van der Waals surface area contributed by atoms with E-state index in [1.807, 2.05) is 0 Å². The van der Waals surface area contributed by atoms with E-state index >= 15 is 0 Å². The van der Waals surface area contributed by atoms with Crippen LogP contribution in [0.3, 0.4) is 0 Å². The average molecular weight is 268 g/mol. The fourth-order valence-corrected chi connectivity index (χ4v) is 3.94. The maximum absolute atomic E-state index is 5.92. The Morgan fingerprint density at radius 2 is 1.68 bits per heavy atom. The summed E-state index contributed by atoms with van der Waals surface area (Å²) in [6.07, 6.45) is 9.51. The first-order valence-corrected chi connectivity index (χ1v) is 8.22. The molecular formula is C17H32O2. The summed E-state index contributed by atoms with van der Waals surface area (Å²) in [6, 6.07) is 0. The molecule has 1 heterocycles. The van der Waals surface area contributed by atoms with Gasteiger partial charge in [0, 0.05) is 6.42 Å². The van der Waals surface area contributed by atoms with Gasteiger partial charge in [0.15, 0.2) is 0 Å². The quantitative estimate of drug-likeness (QED) is 0.636. The number of hydrogen-bond donors (Lipinski definition) is 0. The summed E-state index contributed by atoms with van der Waals surface area (Å²) in [5.41, 5.74) is 0.436. The highest BCUT2D eigenvalue weighted by atomic mass is 17.2. The molecule has 19 heavy (non-hydrogen) atoms. The Bertz CT molecular complexity index is 301. The summed E-state index contributed by atoms with van der Waals surface area (Å²) < 4.78 is 0. The number of hydrogen-bond acceptors (Lipinski definition) is 2. The summed E-state index contributed by atoms with van der Waals surface area (Å²) in [7, 11) is 0. The second kappa shape index (κ2) is 5.37. The first-order chi connectivity index (χ1) is 8.85. The van der Waals surface area contributed by atoms with Crippen LogP contribution in [0.25, 0.3) is 0 Å². The molecular weight excluding hydrogens is 236 g/mol. The van der Waals surface area contributed by atoms with Crippen LogP contribution in [0.15, 0.2) is 0 Å². The molecule has 2 aliphatic rings. The maximum Gasteiger partial charge on any atom is 0.106 e. The monoisotopic (exact) mass is 268 g/mol. The van der Waals surface area contributed by atoms with Crippen LogP contribution in [0.2, 0.25) is 0 Å². The van der Waals surface area contributed by atoms with E-state index < -0.39 is 0 Å². The Morgan fingerprint density at radius 3 is 2.21 bits per heavy atom. The van der Waals surface area contributed by atoms with Crippen molar-refractivity contribution in [1.82, 2.24) is 0 Å². The molecule has 2 fully saturated rings. The van der Waals surface area contributed by atoms with E-state index in [1.54, 1.807) is 0 Å². The molecule has 2 nitrogen and oxygen atoms in total. The predicted molar refractivity (Wildman–Crippen MR) is 78.9 cm³/mol. The van der Waals surface area contributed by atoms with Gasteiger partial charge in [-0.1, -0.05) is 41.0 Å². The van der Waals surface area contributed by atoms with Gasteiger partial charge >= 0.3 is 0 Å². The molecule has 0 aromatic carbocycles. The predicted octanol–water partition coefficient (Wildman–Crippen LogP) is 5.26. The second-order valence-corrected chi connectivity index (χ2v) is 7.91. The van der Waals surface area contributed by atoms with Crippen LogP contribution in [0.1, 0.15) is 86.0 Å².